The summed E-state index contributed by atoms with van der Waals surface area (Å²) >= 11 is 0. The second kappa shape index (κ2) is 15.7. The van der Waals surface area contributed by atoms with Gasteiger partial charge >= 0.3 is 6.03 Å². The molecule has 0 aliphatic carbocycles. The lowest BCUT2D eigenvalue weighted by molar-refractivity contribution is 0.181. The van der Waals surface area contributed by atoms with Crippen molar-refractivity contribution < 1.29 is 4.79 Å². The van der Waals surface area contributed by atoms with Crippen LogP contribution in [0, 0.1) is 0 Å². The summed E-state index contributed by atoms with van der Waals surface area (Å²) in [7, 11) is 5.37. The number of rotatable bonds is 3. The van der Waals surface area contributed by atoms with Crippen LogP contribution in [0.2, 0.25) is 0 Å². The standard InChI is InChI=1S/C8H18N2O.2C2H6/c1-5-6-7-10(4)8(11)9(2)3;2*1-2/h5-7H2,1-4H3;2*1-2H3. The second-order valence-corrected chi connectivity index (χ2v) is 2.95. The first-order chi connectivity index (χ1) is 7.09. The molecule has 0 saturated heterocycles. The maximum atomic E-state index is 11.2. The Labute approximate surface area is 96.4 Å². The Hall–Kier alpha value is -0.730. The molecule has 0 aliphatic rings. The van der Waals surface area contributed by atoms with Crippen molar-refractivity contribution in [1.29, 1.82) is 0 Å². The molecule has 0 spiro atoms. The molecule has 0 aromatic heterocycles. The molecule has 0 aliphatic heterocycles. The number of carbonyl (C=O) groups excluding carboxylic acids is 1. The van der Waals surface area contributed by atoms with E-state index in [2.05, 4.69) is 6.92 Å². The molecule has 2 amide bonds. The van der Waals surface area contributed by atoms with Crippen LogP contribution in [-0.4, -0.2) is 43.5 Å². The molecule has 0 heterocycles. The zero-order chi connectivity index (χ0) is 12.9. The molecule has 0 fully saturated rings. The molecule has 0 atom stereocenters. The van der Waals surface area contributed by atoms with Crippen LogP contribution in [0.3, 0.4) is 0 Å². The molecule has 0 N–H and O–H groups in total. The fourth-order valence-corrected chi connectivity index (χ4v) is 0.832. The summed E-state index contributed by atoms with van der Waals surface area (Å²) < 4.78 is 0. The van der Waals surface area contributed by atoms with Gasteiger partial charge in [-0.15, -0.1) is 0 Å². The predicted molar refractivity (Wildman–Crippen MR) is 69.3 cm³/mol. The highest BCUT2D eigenvalue weighted by Gasteiger charge is 2.08. The Morgan fingerprint density at radius 1 is 1.00 bits per heavy atom. The van der Waals surface area contributed by atoms with Crippen molar-refractivity contribution in [1.82, 2.24) is 9.80 Å². The van der Waals surface area contributed by atoms with E-state index in [0.717, 1.165) is 19.4 Å². The summed E-state index contributed by atoms with van der Waals surface area (Å²) in [6.45, 7) is 11.0. The van der Waals surface area contributed by atoms with Gasteiger partial charge in [0, 0.05) is 27.7 Å². The highest BCUT2D eigenvalue weighted by Crippen LogP contribution is 1.94. The molecule has 0 saturated carbocycles. The Morgan fingerprint density at radius 2 is 1.40 bits per heavy atom. The van der Waals surface area contributed by atoms with E-state index in [1.165, 1.54) is 0 Å². The normalized spacial score (nSPS) is 7.73. The number of amides is 2. The van der Waals surface area contributed by atoms with E-state index in [1.807, 2.05) is 34.7 Å². The number of urea groups is 1. The number of carbonyl (C=O) groups is 1. The first kappa shape index (κ1) is 19.8. The SMILES string of the molecule is CC.CC.CCCCN(C)C(=O)N(C)C. The molecule has 3 heteroatoms. The number of hydrogen-bond donors (Lipinski definition) is 0. The van der Waals surface area contributed by atoms with E-state index in [9.17, 15) is 4.79 Å². The molecule has 0 radical (unpaired) electrons. The van der Waals surface area contributed by atoms with Gasteiger partial charge in [-0.3, -0.25) is 0 Å². The molecule has 0 aromatic carbocycles. The molecule has 0 rings (SSSR count). The van der Waals surface area contributed by atoms with Crippen LogP contribution < -0.4 is 0 Å². The van der Waals surface area contributed by atoms with Crippen molar-refractivity contribution >= 4 is 6.03 Å². The average molecular weight is 218 g/mol. The third-order valence-corrected chi connectivity index (χ3v) is 1.56. The summed E-state index contributed by atoms with van der Waals surface area (Å²) in [4.78, 5) is 14.5. The van der Waals surface area contributed by atoms with Gasteiger partial charge in [0.25, 0.3) is 0 Å². The lowest BCUT2D eigenvalue weighted by atomic mass is 10.3. The third-order valence-electron chi connectivity index (χ3n) is 1.56. The summed E-state index contributed by atoms with van der Waals surface area (Å²) in [5.74, 6) is 0. The zero-order valence-corrected chi connectivity index (χ0v) is 11.9. The van der Waals surface area contributed by atoms with Crippen LogP contribution in [0.1, 0.15) is 47.5 Å². The minimum absolute atomic E-state index is 0.0819. The maximum Gasteiger partial charge on any atom is 0.319 e. The van der Waals surface area contributed by atoms with Crippen LogP contribution in [0.25, 0.3) is 0 Å². The van der Waals surface area contributed by atoms with Gasteiger partial charge < -0.3 is 9.80 Å². The van der Waals surface area contributed by atoms with Crippen LogP contribution in [0.15, 0.2) is 0 Å². The van der Waals surface area contributed by atoms with Crippen LogP contribution in [-0.2, 0) is 0 Å². The van der Waals surface area contributed by atoms with Crippen molar-refractivity contribution in [3.05, 3.63) is 0 Å². The molecule has 0 bridgehead atoms. The lowest BCUT2D eigenvalue weighted by Gasteiger charge is -2.21. The van der Waals surface area contributed by atoms with Gasteiger partial charge in [-0.05, 0) is 6.42 Å². The van der Waals surface area contributed by atoms with Crippen molar-refractivity contribution in [3.63, 3.8) is 0 Å². The summed E-state index contributed by atoms with van der Waals surface area (Å²) in [6, 6.07) is 0.0819. The third kappa shape index (κ3) is 13.3. The molecule has 0 unspecified atom stereocenters. The van der Waals surface area contributed by atoms with E-state index in [1.54, 1.807) is 23.9 Å². The minimum atomic E-state index is 0.0819. The molecule has 0 aromatic rings. The summed E-state index contributed by atoms with van der Waals surface area (Å²) in [5.41, 5.74) is 0. The van der Waals surface area contributed by atoms with E-state index in [-0.39, 0.29) is 6.03 Å². The zero-order valence-electron chi connectivity index (χ0n) is 11.9. The number of nitrogens with zero attached hydrogens (tertiary/aromatic N) is 2. The summed E-state index contributed by atoms with van der Waals surface area (Å²) in [5, 5.41) is 0. The van der Waals surface area contributed by atoms with E-state index in [0.29, 0.717) is 0 Å². The van der Waals surface area contributed by atoms with E-state index < -0.39 is 0 Å². The van der Waals surface area contributed by atoms with Crippen molar-refractivity contribution in [2.75, 3.05) is 27.7 Å². The lowest BCUT2D eigenvalue weighted by Crippen LogP contribution is -2.36. The Balaban J connectivity index is -0.000000318. The minimum Gasteiger partial charge on any atom is -0.331 e. The topological polar surface area (TPSA) is 23.6 Å². The highest BCUT2D eigenvalue weighted by molar-refractivity contribution is 5.73. The fourth-order valence-electron chi connectivity index (χ4n) is 0.832. The van der Waals surface area contributed by atoms with Gasteiger partial charge in [0.15, 0.2) is 0 Å². The van der Waals surface area contributed by atoms with Gasteiger partial charge in [0.2, 0.25) is 0 Å². The fraction of sp³-hybridized carbons (Fsp3) is 0.917. The molecular weight excluding hydrogens is 188 g/mol. The van der Waals surface area contributed by atoms with E-state index >= 15 is 0 Å². The predicted octanol–water partition coefficient (Wildman–Crippen LogP) is 3.45. The van der Waals surface area contributed by atoms with Gasteiger partial charge in [-0.2, -0.15) is 0 Å². The Kier molecular flexibility index (Phi) is 20.7. The van der Waals surface area contributed by atoms with Gasteiger partial charge in [-0.25, -0.2) is 4.79 Å². The molecule has 94 valence electrons. The van der Waals surface area contributed by atoms with Crippen molar-refractivity contribution in [3.8, 4) is 0 Å². The Morgan fingerprint density at radius 3 is 1.67 bits per heavy atom. The van der Waals surface area contributed by atoms with Crippen LogP contribution in [0.5, 0.6) is 0 Å². The molecule has 3 nitrogen and oxygen atoms in total. The highest BCUT2D eigenvalue weighted by atomic mass is 16.2. The molecule has 15 heavy (non-hydrogen) atoms. The van der Waals surface area contributed by atoms with Crippen molar-refractivity contribution in [2.24, 2.45) is 0 Å². The van der Waals surface area contributed by atoms with E-state index in [4.69, 9.17) is 0 Å². The van der Waals surface area contributed by atoms with Crippen molar-refractivity contribution in [2.45, 2.75) is 47.5 Å². The molecular formula is C12H30N2O. The van der Waals surface area contributed by atoms with Gasteiger partial charge in [0.05, 0.1) is 0 Å². The number of hydrogen-bond acceptors (Lipinski definition) is 1. The summed E-state index contributed by atoms with van der Waals surface area (Å²) in [6.07, 6.45) is 2.21. The second-order valence-electron chi connectivity index (χ2n) is 2.95. The average Bonchev–Trinajstić information content (AvgIpc) is 2.30. The van der Waals surface area contributed by atoms with Gasteiger partial charge in [-0.1, -0.05) is 41.0 Å². The first-order valence-corrected chi connectivity index (χ1v) is 6.02. The van der Waals surface area contributed by atoms with Crippen LogP contribution in [0.4, 0.5) is 4.79 Å². The monoisotopic (exact) mass is 218 g/mol. The quantitative estimate of drug-likeness (QED) is 0.711. The van der Waals surface area contributed by atoms with Crippen LogP contribution >= 0.6 is 0 Å². The first-order valence-electron chi connectivity index (χ1n) is 6.02. The number of unbranched alkanes of at least 4 members (excludes halogenated alkanes) is 1. The Bertz CT molecular complexity index is 125. The van der Waals surface area contributed by atoms with Gasteiger partial charge in [0.1, 0.15) is 0 Å². The largest absolute Gasteiger partial charge is 0.331 e. The smallest absolute Gasteiger partial charge is 0.319 e. The maximum absolute atomic E-state index is 11.2.